The number of carbonyl (C=O) groups excluding carboxylic acids is 1. The zero-order valence-electron chi connectivity index (χ0n) is 17.2. The average molecular weight is 363 g/mol. The molecule has 0 amide bonds. The van der Waals surface area contributed by atoms with Gasteiger partial charge in [0, 0.05) is 12.8 Å². The van der Waals surface area contributed by atoms with Gasteiger partial charge in [-0.05, 0) is 99.2 Å². The molecule has 148 valence electrons. The molecule has 9 atom stereocenters. The van der Waals surface area contributed by atoms with Gasteiger partial charge < -0.3 is 9.84 Å². The number of esters is 1. The topological polar surface area (TPSA) is 46.5 Å². The number of hydrogen-bond donors (Lipinski definition) is 1. The Bertz CT molecular complexity index is 560. The van der Waals surface area contributed by atoms with E-state index in [9.17, 15) is 9.90 Å². The molecule has 0 unspecified atom stereocenters. The lowest BCUT2D eigenvalue weighted by atomic mass is 9.44. The van der Waals surface area contributed by atoms with Crippen molar-refractivity contribution in [1.29, 1.82) is 0 Å². The van der Waals surface area contributed by atoms with Crippen LogP contribution in [0.1, 0.15) is 85.5 Å². The fourth-order valence-electron chi connectivity index (χ4n) is 8.39. The van der Waals surface area contributed by atoms with Gasteiger partial charge in [-0.3, -0.25) is 4.79 Å². The van der Waals surface area contributed by atoms with Gasteiger partial charge in [0.05, 0.1) is 6.10 Å². The van der Waals surface area contributed by atoms with Crippen molar-refractivity contribution in [2.75, 3.05) is 0 Å². The molecule has 4 saturated carbocycles. The third-order valence-electron chi connectivity index (χ3n) is 9.63. The summed E-state index contributed by atoms with van der Waals surface area (Å²) in [6.07, 6.45) is 11.1. The van der Waals surface area contributed by atoms with E-state index in [0.29, 0.717) is 16.7 Å². The summed E-state index contributed by atoms with van der Waals surface area (Å²) in [5.74, 6) is 3.61. The molecule has 0 radical (unpaired) electrons. The van der Waals surface area contributed by atoms with Gasteiger partial charge in [0.15, 0.2) is 0 Å². The lowest BCUT2D eigenvalue weighted by molar-refractivity contribution is -0.156. The summed E-state index contributed by atoms with van der Waals surface area (Å²) in [7, 11) is 0. The summed E-state index contributed by atoms with van der Waals surface area (Å²) >= 11 is 0. The Kier molecular flexibility index (Phi) is 4.69. The second-order valence-electron chi connectivity index (χ2n) is 10.6. The fraction of sp³-hybridized carbons (Fsp3) is 0.957. The molecule has 0 heterocycles. The maximum Gasteiger partial charge on any atom is 0.302 e. The normalized spacial score (nSPS) is 51.7. The van der Waals surface area contributed by atoms with Crippen molar-refractivity contribution >= 4 is 5.97 Å². The molecule has 0 aromatic rings. The molecule has 3 nitrogen and oxygen atoms in total. The van der Waals surface area contributed by atoms with Crippen LogP contribution in [0.25, 0.3) is 0 Å². The van der Waals surface area contributed by atoms with E-state index in [2.05, 4.69) is 20.8 Å². The van der Waals surface area contributed by atoms with Crippen molar-refractivity contribution in [2.24, 2.45) is 40.4 Å². The van der Waals surface area contributed by atoms with Crippen LogP contribution in [-0.4, -0.2) is 23.3 Å². The minimum atomic E-state index is -0.132. The predicted octanol–water partition coefficient (Wildman–Crippen LogP) is 4.96. The zero-order chi connectivity index (χ0) is 18.7. The van der Waals surface area contributed by atoms with E-state index in [0.717, 1.165) is 36.5 Å². The van der Waals surface area contributed by atoms with Gasteiger partial charge in [-0.15, -0.1) is 0 Å². The predicted molar refractivity (Wildman–Crippen MR) is 102 cm³/mol. The number of ether oxygens (including phenoxy) is 1. The monoisotopic (exact) mass is 362 g/mol. The van der Waals surface area contributed by atoms with Gasteiger partial charge in [-0.1, -0.05) is 13.8 Å². The molecule has 0 saturated heterocycles. The minimum absolute atomic E-state index is 0.0517. The van der Waals surface area contributed by atoms with Crippen LogP contribution < -0.4 is 0 Å². The second-order valence-corrected chi connectivity index (χ2v) is 10.6. The fourth-order valence-corrected chi connectivity index (χ4v) is 8.39. The van der Waals surface area contributed by atoms with Crippen molar-refractivity contribution in [3.63, 3.8) is 0 Å². The first-order valence-corrected chi connectivity index (χ1v) is 11.1. The molecule has 4 rings (SSSR count). The van der Waals surface area contributed by atoms with Crippen molar-refractivity contribution in [3.05, 3.63) is 0 Å². The van der Waals surface area contributed by atoms with Crippen LogP contribution in [0.15, 0.2) is 0 Å². The molecule has 4 aliphatic carbocycles. The smallest absolute Gasteiger partial charge is 0.302 e. The highest BCUT2D eigenvalue weighted by Crippen LogP contribution is 2.67. The Hall–Kier alpha value is -0.570. The molecule has 26 heavy (non-hydrogen) atoms. The first kappa shape index (κ1) is 18.8. The van der Waals surface area contributed by atoms with E-state index in [1.807, 2.05) is 0 Å². The molecule has 1 N–H and O–H groups in total. The summed E-state index contributed by atoms with van der Waals surface area (Å²) in [4.78, 5) is 11.5. The highest BCUT2D eigenvalue weighted by Gasteiger charge is 2.60. The summed E-state index contributed by atoms with van der Waals surface area (Å²) in [6, 6.07) is 0. The van der Waals surface area contributed by atoms with Crippen molar-refractivity contribution in [3.8, 4) is 0 Å². The van der Waals surface area contributed by atoms with E-state index >= 15 is 0 Å². The van der Waals surface area contributed by atoms with Gasteiger partial charge in [-0.2, -0.15) is 0 Å². The van der Waals surface area contributed by atoms with Gasteiger partial charge in [0.25, 0.3) is 0 Å². The quantitative estimate of drug-likeness (QED) is 0.706. The van der Waals surface area contributed by atoms with E-state index in [-0.39, 0.29) is 18.2 Å². The van der Waals surface area contributed by atoms with Crippen LogP contribution in [0.3, 0.4) is 0 Å². The van der Waals surface area contributed by atoms with E-state index < -0.39 is 0 Å². The minimum Gasteiger partial charge on any atom is -0.463 e. The molecule has 0 aliphatic heterocycles. The molecule has 0 aromatic carbocycles. The number of fused-ring (bicyclic) bond motifs is 5. The molecule has 0 bridgehead atoms. The van der Waals surface area contributed by atoms with Gasteiger partial charge in [-0.25, -0.2) is 0 Å². The summed E-state index contributed by atoms with van der Waals surface area (Å²) in [5, 5.41) is 10.2. The first-order chi connectivity index (χ1) is 12.3. The highest BCUT2D eigenvalue weighted by atomic mass is 16.5. The lowest BCUT2D eigenvalue weighted by Crippen LogP contribution is -2.54. The number of hydrogen-bond acceptors (Lipinski definition) is 3. The molecular formula is C23H38O3. The highest BCUT2D eigenvalue weighted by molar-refractivity contribution is 5.66. The zero-order valence-corrected chi connectivity index (χ0v) is 17.2. The number of rotatable bonds is 2. The Morgan fingerprint density at radius 1 is 1.00 bits per heavy atom. The van der Waals surface area contributed by atoms with Crippen LogP contribution >= 0.6 is 0 Å². The van der Waals surface area contributed by atoms with Crippen LogP contribution in [-0.2, 0) is 9.53 Å². The van der Waals surface area contributed by atoms with Crippen molar-refractivity contribution in [2.45, 2.75) is 97.7 Å². The molecule has 0 spiro atoms. The van der Waals surface area contributed by atoms with Crippen LogP contribution in [0, 0.1) is 40.4 Å². The third-order valence-corrected chi connectivity index (χ3v) is 9.63. The largest absolute Gasteiger partial charge is 0.463 e. The Balaban J connectivity index is 1.55. The van der Waals surface area contributed by atoms with Crippen LogP contribution in [0.5, 0.6) is 0 Å². The molecule has 3 heteroatoms. The number of carbonyl (C=O) groups is 1. The molecular weight excluding hydrogens is 324 g/mol. The Morgan fingerprint density at radius 3 is 2.42 bits per heavy atom. The van der Waals surface area contributed by atoms with Crippen molar-refractivity contribution < 1.29 is 14.6 Å². The average Bonchev–Trinajstić information content (AvgIpc) is 2.92. The van der Waals surface area contributed by atoms with Crippen LogP contribution in [0.4, 0.5) is 0 Å². The van der Waals surface area contributed by atoms with Gasteiger partial charge >= 0.3 is 5.97 Å². The van der Waals surface area contributed by atoms with E-state index in [4.69, 9.17) is 4.74 Å². The lowest BCUT2D eigenvalue weighted by Gasteiger charge is -2.61. The summed E-state index contributed by atoms with van der Waals surface area (Å²) in [6.45, 7) is 8.72. The number of aliphatic hydroxyl groups is 1. The maximum atomic E-state index is 11.5. The first-order valence-electron chi connectivity index (χ1n) is 11.1. The van der Waals surface area contributed by atoms with E-state index in [1.54, 1.807) is 6.92 Å². The number of aliphatic hydroxyl groups excluding tert-OH is 1. The van der Waals surface area contributed by atoms with Crippen molar-refractivity contribution in [1.82, 2.24) is 0 Å². The Labute approximate surface area is 159 Å². The molecule has 4 fully saturated rings. The Morgan fingerprint density at radius 2 is 1.69 bits per heavy atom. The third kappa shape index (κ3) is 2.75. The standard InChI is InChI=1S/C23H38O3/c1-14(26-15(2)24)19-7-8-20-18-6-5-16-13-17(25)9-11-22(16,3)21(18)10-12-23(19,20)4/h14,16-21,25H,5-13H2,1-4H3/t14-,16+,17+,18-,19+,20-,21-,22-,23+/m0/s1. The SMILES string of the molecule is CC(=O)O[C@@H](C)[C@H]1CC[C@H]2[C@@H]3CC[C@@H]4C[C@H](O)CC[C@]4(C)[C@H]3CC[C@]12C. The van der Waals surface area contributed by atoms with Gasteiger partial charge in [0.2, 0.25) is 0 Å². The second kappa shape index (κ2) is 6.50. The van der Waals surface area contributed by atoms with Crippen LogP contribution in [0.2, 0.25) is 0 Å². The van der Waals surface area contributed by atoms with E-state index in [1.165, 1.54) is 44.9 Å². The molecule has 4 aliphatic rings. The summed E-state index contributed by atoms with van der Waals surface area (Å²) in [5.41, 5.74) is 0.788. The summed E-state index contributed by atoms with van der Waals surface area (Å²) < 4.78 is 5.64. The maximum absolute atomic E-state index is 11.5. The van der Waals surface area contributed by atoms with Gasteiger partial charge in [0.1, 0.15) is 6.10 Å². The molecule has 0 aromatic heterocycles.